The predicted octanol–water partition coefficient (Wildman–Crippen LogP) is 0.687. The molecular weight excluding hydrogens is 394 g/mol. The van der Waals surface area contributed by atoms with Gasteiger partial charge in [0.2, 0.25) is 11.8 Å². The van der Waals surface area contributed by atoms with E-state index in [0.717, 1.165) is 6.07 Å². The van der Waals surface area contributed by atoms with Gasteiger partial charge in [0.15, 0.2) is 17.4 Å². The summed E-state index contributed by atoms with van der Waals surface area (Å²) in [6.45, 7) is 5.05. The molecule has 3 saturated heterocycles. The third-order valence-electron chi connectivity index (χ3n) is 6.57. The molecule has 2 unspecified atom stereocenters. The minimum atomic E-state index is -0.954. The highest BCUT2D eigenvalue weighted by atomic mass is 19.2. The second-order valence-electron chi connectivity index (χ2n) is 8.49. The molecule has 3 fully saturated rings. The molecule has 1 aromatic rings. The summed E-state index contributed by atoms with van der Waals surface area (Å²) < 4.78 is 26.7. The predicted molar refractivity (Wildman–Crippen MR) is 106 cm³/mol. The first-order chi connectivity index (χ1) is 14.3. The number of rotatable bonds is 5. The van der Waals surface area contributed by atoms with Crippen molar-refractivity contribution < 1.29 is 23.2 Å². The lowest BCUT2D eigenvalue weighted by molar-refractivity contribution is -0.137. The molecule has 0 aromatic heterocycles. The SMILES string of the molecule is CC(CC1(C2CNC2)NC(=O)CC1=O)C(=O)N1CCN(c2ccc(F)c(F)c2)CC1. The number of nitrogens with zero attached hydrogens (tertiary/aromatic N) is 2. The highest BCUT2D eigenvalue weighted by molar-refractivity contribution is 6.10. The molecule has 2 amide bonds. The fraction of sp³-hybridized carbons (Fsp3) is 0.571. The number of halogens is 2. The van der Waals surface area contributed by atoms with Crippen molar-refractivity contribution in [1.82, 2.24) is 15.5 Å². The fourth-order valence-electron chi connectivity index (χ4n) is 4.71. The average Bonchev–Trinajstić information content (AvgIpc) is 2.95. The summed E-state index contributed by atoms with van der Waals surface area (Å²) in [5.74, 6) is -2.63. The third kappa shape index (κ3) is 3.66. The van der Waals surface area contributed by atoms with Crippen LogP contribution >= 0.6 is 0 Å². The van der Waals surface area contributed by atoms with E-state index < -0.39 is 23.1 Å². The van der Waals surface area contributed by atoms with E-state index in [4.69, 9.17) is 0 Å². The van der Waals surface area contributed by atoms with Gasteiger partial charge in [-0.05, 0) is 18.6 Å². The number of piperazine rings is 1. The molecule has 0 radical (unpaired) electrons. The number of Topliss-reactive ketones (excluding diaryl/α,β-unsaturated/α-hetero) is 1. The Morgan fingerprint density at radius 1 is 1.17 bits per heavy atom. The van der Waals surface area contributed by atoms with Gasteiger partial charge in [-0.1, -0.05) is 6.92 Å². The third-order valence-corrected chi connectivity index (χ3v) is 6.57. The first kappa shape index (κ1) is 20.7. The van der Waals surface area contributed by atoms with Gasteiger partial charge in [-0.2, -0.15) is 0 Å². The standard InChI is InChI=1S/C21H26F2N4O3/c1-13(10-21(14-11-24-12-14)18(28)9-19(29)25-21)20(30)27-6-4-26(5-7-27)15-2-3-16(22)17(23)8-15/h2-3,8,13-14,24H,4-7,9-12H2,1H3,(H,25,29). The van der Waals surface area contributed by atoms with Crippen LogP contribution < -0.4 is 15.5 Å². The molecule has 0 bridgehead atoms. The van der Waals surface area contributed by atoms with Crippen LogP contribution in [0.3, 0.4) is 0 Å². The summed E-state index contributed by atoms with van der Waals surface area (Å²) in [4.78, 5) is 41.2. The molecule has 4 rings (SSSR count). The van der Waals surface area contributed by atoms with E-state index in [9.17, 15) is 23.2 Å². The average molecular weight is 420 g/mol. The monoisotopic (exact) mass is 420 g/mol. The molecule has 0 aliphatic carbocycles. The number of carbonyl (C=O) groups excluding carboxylic acids is 3. The van der Waals surface area contributed by atoms with Crippen molar-refractivity contribution >= 4 is 23.3 Å². The van der Waals surface area contributed by atoms with E-state index in [2.05, 4.69) is 10.6 Å². The fourth-order valence-corrected chi connectivity index (χ4v) is 4.71. The first-order valence-corrected chi connectivity index (χ1v) is 10.3. The number of hydrogen-bond acceptors (Lipinski definition) is 5. The van der Waals surface area contributed by atoms with Crippen molar-refractivity contribution in [2.75, 3.05) is 44.2 Å². The Bertz CT molecular complexity index is 868. The molecule has 0 saturated carbocycles. The van der Waals surface area contributed by atoms with E-state index in [1.807, 2.05) is 4.90 Å². The smallest absolute Gasteiger partial charge is 0.228 e. The molecule has 3 aliphatic heterocycles. The van der Waals surface area contributed by atoms with Crippen molar-refractivity contribution in [2.45, 2.75) is 25.3 Å². The van der Waals surface area contributed by atoms with Gasteiger partial charge in [0.05, 0.1) is 6.42 Å². The second-order valence-corrected chi connectivity index (χ2v) is 8.49. The number of anilines is 1. The van der Waals surface area contributed by atoms with Crippen LogP contribution in [-0.4, -0.2) is 67.3 Å². The van der Waals surface area contributed by atoms with Crippen molar-refractivity contribution in [3.05, 3.63) is 29.8 Å². The zero-order valence-electron chi connectivity index (χ0n) is 16.9. The second kappa shape index (κ2) is 7.94. The Labute approximate surface area is 173 Å². The molecule has 1 aromatic carbocycles. The van der Waals surface area contributed by atoms with Crippen molar-refractivity contribution in [2.24, 2.45) is 11.8 Å². The van der Waals surface area contributed by atoms with Gasteiger partial charge in [-0.25, -0.2) is 8.78 Å². The van der Waals surface area contributed by atoms with Gasteiger partial charge in [-0.15, -0.1) is 0 Å². The van der Waals surface area contributed by atoms with Crippen molar-refractivity contribution in [3.63, 3.8) is 0 Å². The molecule has 9 heteroatoms. The lowest BCUT2D eigenvalue weighted by Crippen LogP contribution is -2.64. The summed E-state index contributed by atoms with van der Waals surface area (Å²) in [6, 6.07) is 3.80. The summed E-state index contributed by atoms with van der Waals surface area (Å²) in [7, 11) is 0. The highest BCUT2D eigenvalue weighted by Gasteiger charge is 2.54. The Kier molecular flexibility index (Phi) is 5.48. The molecule has 30 heavy (non-hydrogen) atoms. The molecule has 7 nitrogen and oxygen atoms in total. The maximum atomic E-state index is 13.5. The van der Waals surface area contributed by atoms with Crippen LogP contribution in [0.5, 0.6) is 0 Å². The van der Waals surface area contributed by atoms with Crippen molar-refractivity contribution in [3.8, 4) is 0 Å². The van der Waals surface area contributed by atoms with E-state index in [-0.39, 0.29) is 29.9 Å². The van der Waals surface area contributed by atoms with Crippen LogP contribution in [0.15, 0.2) is 18.2 Å². The normalized spacial score (nSPS) is 25.8. The largest absolute Gasteiger partial charge is 0.368 e. The topological polar surface area (TPSA) is 81.7 Å². The van der Waals surface area contributed by atoms with Gasteiger partial charge in [-0.3, -0.25) is 14.4 Å². The van der Waals surface area contributed by atoms with Gasteiger partial charge in [0.25, 0.3) is 0 Å². The van der Waals surface area contributed by atoms with Crippen LogP contribution in [0.1, 0.15) is 19.8 Å². The molecule has 2 N–H and O–H groups in total. The van der Waals surface area contributed by atoms with Crippen LogP contribution in [0.25, 0.3) is 0 Å². The minimum absolute atomic E-state index is 0.0110. The summed E-state index contributed by atoms with van der Waals surface area (Å²) in [6.07, 6.45) is 0.177. The zero-order valence-corrected chi connectivity index (χ0v) is 16.9. The lowest BCUT2D eigenvalue weighted by atomic mass is 9.72. The molecular formula is C21H26F2N4O3. The number of ketones is 1. The number of amides is 2. The van der Waals surface area contributed by atoms with Crippen LogP contribution in [0, 0.1) is 23.5 Å². The lowest BCUT2D eigenvalue weighted by Gasteiger charge is -2.44. The maximum absolute atomic E-state index is 13.5. The van der Waals surface area contributed by atoms with Gasteiger partial charge in [0, 0.05) is 62.9 Å². The quantitative estimate of drug-likeness (QED) is 0.685. The Morgan fingerprint density at radius 3 is 2.40 bits per heavy atom. The molecule has 0 spiro atoms. The maximum Gasteiger partial charge on any atom is 0.228 e. The number of hydrogen-bond donors (Lipinski definition) is 2. The minimum Gasteiger partial charge on any atom is -0.368 e. The van der Waals surface area contributed by atoms with Crippen molar-refractivity contribution in [1.29, 1.82) is 0 Å². The van der Waals surface area contributed by atoms with Crippen LogP contribution in [0.2, 0.25) is 0 Å². The van der Waals surface area contributed by atoms with Crippen LogP contribution in [-0.2, 0) is 14.4 Å². The number of carbonyl (C=O) groups is 3. The highest BCUT2D eigenvalue weighted by Crippen LogP contribution is 2.35. The van der Waals surface area contributed by atoms with E-state index in [0.29, 0.717) is 51.4 Å². The van der Waals surface area contributed by atoms with Gasteiger partial charge < -0.3 is 20.4 Å². The summed E-state index contributed by atoms with van der Waals surface area (Å²) in [5, 5.41) is 6.01. The molecule has 2 atom stereocenters. The van der Waals surface area contributed by atoms with E-state index in [1.54, 1.807) is 11.8 Å². The van der Waals surface area contributed by atoms with Gasteiger partial charge in [0.1, 0.15) is 5.54 Å². The Morgan fingerprint density at radius 2 is 1.87 bits per heavy atom. The molecule has 3 aliphatic rings. The van der Waals surface area contributed by atoms with E-state index in [1.165, 1.54) is 12.1 Å². The van der Waals surface area contributed by atoms with Crippen LogP contribution in [0.4, 0.5) is 14.5 Å². The summed E-state index contributed by atoms with van der Waals surface area (Å²) >= 11 is 0. The number of benzene rings is 1. The Balaban J connectivity index is 1.38. The zero-order chi connectivity index (χ0) is 21.5. The molecule has 162 valence electrons. The van der Waals surface area contributed by atoms with Gasteiger partial charge >= 0.3 is 0 Å². The Hall–Kier alpha value is -2.55. The molecule has 3 heterocycles. The first-order valence-electron chi connectivity index (χ1n) is 10.3. The number of nitrogens with one attached hydrogen (secondary N) is 2. The summed E-state index contributed by atoms with van der Waals surface area (Å²) in [5.41, 5.74) is -0.366. The van der Waals surface area contributed by atoms with E-state index >= 15 is 0 Å².